The maximum Gasteiger partial charge on any atom is 0.317 e. The summed E-state index contributed by atoms with van der Waals surface area (Å²) in [4.78, 5) is 31.3. The Hall–Kier alpha value is -2.97. The molecule has 3 rings (SSSR count). The van der Waals surface area contributed by atoms with E-state index in [1.807, 2.05) is 19.9 Å². The Morgan fingerprint density at radius 1 is 1.11 bits per heavy atom. The molecule has 0 atom stereocenters. The van der Waals surface area contributed by atoms with Crippen LogP contribution >= 0.6 is 0 Å². The summed E-state index contributed by atoms with van der Waals surface area (Å²) >= 11 is 0. The van der Waals surface area contributed by atoms with Gasteiger partial charge in [0, 0.05) is 49.8 Å². The third kappa shape index (κ3) is 6.04. The highest BCUT2D eigenvalue weighted by Crippen LogP contribution is 2.19. The van der Waals surface area contributed by atoms with Gasteiger partial charge in [-0.25, -0.2) is 15.0 Å². The van der Waals surface area contributed by atoms with Crippen LogP contribution in [0.3, 0.4) is 0 Å². The van der Waals surface area contributed by atoms with Crippen LogP contribution in [-0.4, -0.2) is 58.6 Å². The van der Waals surface area contributed by atoms with E-state index >= 15 is 0 Å². The number of piperidine rings is 1. The van der Waals surface area contributed by atoms with Gasteiger partial charge in [0.2, 0.25) is 5.95 Å². The van der Waals surface area contributed by atoms with Gasteiger partial charge in [-0.1, -0.05) is 0 Å². The van der Waals surface area contributed by atoms with E-state index in [0.717, 1.165) is 30.3 Å². The lowest BCUT2D eigenvalue weighted by Gasteiger charge is -2.28. The molecular formula is C19H27N7O2. The van der Waals surface area contributed by atoms with Gasteiger partial charge < -0.3 is 20.3 Å². The van der Waals surface area contributed by atoms with Crippen LogP contribution in [0.1, 0.15) is 30.7 Å². The molecule has 150 valence electrons. The minimum Gasteiger partial charge on any atom is -0.453 e. The second-order valence-corrected chi connectivity index (χ2v) is 6.78. The number of nitrogens with one attached hydrogen (secondary N) is 2. The lowest BCUT2D eigenvalue weighted by Crippen LogP contribution is -2.33. The number of carbonyl (C=O) groups excluding carboxylic acids is 1. The van der Waals surface area contributed by atoms with Crippen molar-refractivity contribution in [3.63, 3.8) is 0 Å². The highest BCUT2D eigenvalue weighted by Gasteiger charge is 2.13. The molecule has 1 aliphatic heterocycles. The Labute approximate surface area is 165 Å². The van der Waals surface area contributed by atoms with Crippen molar-refractivity contribution in [2.45, 2.75) is 33.1 Å². The summed E-state index contributed by atoms with van der Waals surface area (Å²) in [6.07, 6.45) is 5.28. The average Bonchev–Trinajstić information content (AvgIpc) is 2.70. The molecule has 3 heterocycles. The number of aryl methyl sites for hydroxylation is 2. The van der Waals surface area contributed by atoms with E-state index < -0.39 is 0 Å². The zero-order valence-electron chi connectivity index (χ0n) is 16.4. The summed E-state index contributed by atoms with van der Waals surface area (Å²) in [6.45, 7) is 6.72. The third-order valence-electron chi connectivity index (χ3n) is 4.36. The summed E-state index contributed by atoms with van der Waals surface area (Å²) < 4.78 is 5.28. The predicted octanol–water partition coefficient (Wildman–Crippen LogP) is 1.48. The molecule has 0 radical (unpaired) electrons. The molecule has 9 heteroatoms. The van der Waals surface area contributed by atoms with Crippen LogP contribution < -0.4 is 20.3 Å². The number of aromatic nitrogens is 4. The van der Waals surface area contributed by atoms with Gasteiger partial charge in [0.1, 0.15) is 5.82 Å². The SMILES string of the molecule is Cc1cc(N2CCCCC2)nc(NCCNC(=O)COc2nccc(C)n2)n1. The van der Waals surface area contributed by atoms with Gasteiger partial charge in [0.25, 0.3) is 5.91 Å². The van der Waals surface area contributed by atoms with Crippen LogP contribution in [0, 0.1) is 13.8 Å². The van der Waals surface area contributed by atoms with E-state index in [1.54, 1.807) is 12.3 Å². The molecule has 2 aromatic rings. The fraction of sp³-hybridized carbons (Fsp3) is 0.526. The predicted molar refractivity (Wildman–Crippen MR) is 107 cm³/mol. The highest BCUT2D eigenvalue weighted by atomic mass is 16.5. The first-order valence-corrected chi connectivity index (χ1v) is 9.64. The van der Waals surface area contributed by atoms with Crippen LogP contribution in [0.2, 0.25) is 0 Å². The van der Waals surface area contributed by atoms with E-state index in [9.17, 15) is 4.79 Å². The molecule has 1 aliphatic rings. The summed E-state index contributed by atoms with van der Waals surface area (Å²) in [5.41, 5.74) is 1.71. The average molecular weight is 385 g/mol. The molecule has 0 aromatic carbocycles. The molecule has 2 N–H and O–H groups in total. The molecular weight excluding hydrogens is 358 g/mol. The largest absolute Gasteiger partial charge is 0.453 e. The van der Waals surface area contributed by atoms with E-state index in [0.29, 0.717) is 19.0 Å². The van der Waals surface area contributed by atoms with Gasteiger partial charge in [-0.15, -0.1) is 0 Å². The second kappa shape index (κ2) is 9.82. The molecule has 9 nitrogen and oxygen atoms in total. The quantitative estimate of drug-likeness (QED) is 0.659. The number of hydrogen-bond acceptors (Lipinski definition) is 8. The zero-order valence-corrected chi connectivity index (χ0v) is 16.4. The second-order valence-electron chi connectivity index (χ2n) is 6.78. The molecule has 1 fully saturated rings. The molecule has 2 aromatic heterocycles. The van der Waals surface area contributed by atoms with Crippen LogP contribution in [0.5, 0.6) is 6.01 Å². The molecule has 1 amide bonds. The first kappa shape index (κ1) is 19.8. The zero-order chi connectivity index (χ0) is 19.8. The van der Waals surface area contributed by atoms with Gasteiger partial charge in [0.05, 0.1) is 0 Å². The van der Waals surface area contributed by atoms with Crippen molar-refractivity contribution in [3.05, 3.63) is 29.7 Å². The molecule has 0 spiro atoms. The number of anilines is 2. The summed E-state index contributed by atoms with van der Waals surface area (Å²) in [7, 11) is 0. The number of nitrogens with zero attached hydrogens (tertiary/aromatic N) is 5. The number of carbonyl (C=O) groups is 1. The van der Waals surface area contributed by atoms with Crippen molar-refractivity contribution < 1.29 is 9.53 Å². The number of ether oxygens (including phenoxy) is 1. The van der Waals surface area contributed by atoms with Crippen LogP contribution in [0.15, 0.2) is 18.3 Å². The molecule has 28 heavy (non-hydrogen) atoms. The molecule has 0 unspecified atom stereocenters. The lowest BCUT2D eigenvalue weighted by molar-refractivity contribution is -0.123. The third-order valence-corrected chi connectivity index (χ3v) is 4.36. The van der Waals surface area contributed by atoms with Crippen LogP contribution in [0.4, 0.5) is 11.8 Å². The van der Waals surface area contributed by atoms with Gasteiger partial charge >= 0.3 is 6.01 Å². The van der Waals surface area contributed by atoms with E-state index in [4.69, 9.17) is 4.74 Å². The van der Waals surface area contributed by atoms with Crippen LogP contribution in [0.25, 0.3) is 0 Å². The van der Waals surface area contributed by atoms with Crippen LogP contribution in [-0.2, 0) is 4.79 Å². The highest BCUT2D eigenvalue weighted by molar-refractivity contribution is 5.77. The van der Waals surface area contributed by atoms with E-state index in [-0.39, 0.29) is 18.5 Å². The minimum absolute atomic E-state index is 0.122. The Bertz CT molecular complexity index is 794. The van der Waals surface area contributed by atoms with Crippen molar-refractivity contribution in [2.24, 2.45) is 0 Å². The monoisotopic (exact) mass is 385 g/mol. The number of hydrogen-bond donors (Lipinski definition) is 2. The van der Waals surface area contributed by atoms with Gasteiger partial charge in [-0.3, -0.25) is 4.79 Å². The first-order chi connectivity index (χ1) is 13.6. The Kier molecular flexibility index (Phi) is 6.94. The molecule has 0 bridgehead atoms. The van der Waals surface area contributed by atoms with Gasteiger partial charge in [-0.2, -0.15) is 4.98 Å². The fourth-order valence-electron chi connectivity index (χ4n) is 2.97. The fourth-order valence-corrected chi connectivity index (χ4v) is 2.97. The van der Waals surface area contributed by atoms with E-state index in [1.165, 1.54) is 19.3 Å². The van der Waals surface area contributed by atoms with Crippen molar-refractivity contribution in [3.8, 4) is 6.01 Å². The van der Waals surface area contributed by atoms with Gasteiger partial charge in [-0.05, 0) is 39.2 Å². The van der Waals surface area contributed by atoms with Crippen molar-refractivity contribution >= 4 is 17.7 Å². The molecule has 1 saturated heterocycles. The maximum absolute atomic E-state index is 11.9. The molecule has 0 saturated carbocycles. The first-order valence-electron chi connectivity index (χ1n) is 9.64. The topological polar surface area (TPSA) is 105 Å². The smallest absolute Gasteiger partial charge is 0.317 e. The Balaban J connectivity index is 1.41. The van der Waals surface area contributed by atoms with Gasteiger partial charge in [0.15, 0.2) is 6.61 Å². The number of rotatable bonds is 8. The number of amides is 1. The summed E-state index contributed by atoms with van der Waals surface area (Å²) in [5, 5.41) is 5.95. The standard InChI is InChI=1S/C19H27N7O2/c1-14-6-7-22-19(24-14)28-13-17(27)20-8-9-21-18-23-15(2)12-16(25-18)26-10-4-3-5-11-26/h6-7,12H,3-5,8-11,13H2,1-2H3,(H,20,27)(H,21,23,25). The normalized spacial score (nSPS) is 13.9. The maximum atomic E-state index is 11.9. The molecule has 0 aliphatic carbocycles. The van der Waals surface area contributed by atoms with Crippen molar-refractivity contribution in [2.75, 3.05) is 43.0 Å². The summed E-state index contributed by atoms with van der Waals surface area (Å²) in [5.74, 6) is 1.32. The van der Waals surface area contributed by atoms with Crippen molar-refractivity contribution in [1.82, 2.24) is 25.3 Å². The van der Waals surface area contributed by atoms with Crippen molar-refractivity contribution in [1.29, 1.82) is 0 Å². The Morgan fingerprint density at radius 3 is 2.71 bits per heavy atom. The van der Waals surface area contributed by atoms with E-state index in [2.05, 4.69) is 35.5 Å². The summed E-state index contributed by atoms with van der Waals surface area (Å²) in [6, 6.07) is 3.98. The Morgan fingerprint density at radius 2 is 1.93 bits per heavy atom. The minimum atomic E-state index is -0.230. The lowest BCUT2D eigenvalue weighted by atomic mass is 10.1.